The average molecular weight is 312 g/mol. The summed E-state index contributed by atoms with van der Waals surface area (Å²) in [5.74, 6) is 1.69. The van der Waals surface area contributed by atoms with Crippen LogP contribution in [-0.2, 0) is 0 Å². The Labute approximate surface area is 138 Å². The molecule has 0 radical (unpaired) electrons. The van der Waals surface area contributed by atoms with E-state index in [9.17, 15) is 0 Å². The molecular formula is C18H26N5+. The predicted molar refractivity (Wildman–Crippen MR) is 96.8 cm³/mol. The van der Waals surface area contributed by atoms with Crippen LogP contribution in [0.4, 0.5) is 11.6 Å². The summed E-state index contributed by atoms with van der Waals surface area (Å²) in [6.07, 6.45) is 7.71. The van der Waals surface area contributed by atoms with Crippen molar-refractivity contribution in [1.82, 2.24) is 4.98 Å². The van der Waals surface area contributed by atoms with E-state index in [1.54, 1.807) is 13.0 Å². The third kappa shape index (κ3) is 3.68. The maximum Gasteiger partial charge on any atom is 0.230 e. The van der Waals surface area contributed by atoms with Gasteiger partial charge in [0.2, 0.25) is 5.82 Å². The zero-order chi connectivity index (χ0) is 17.0. The van der Waals surface area contributed by atoms with E-state index in [0.29, 0.717) is 11.4 Å². The molecule has 0 spiro atoms. The van der Waals surface area contributed by atoms with Gasteiger partial charge in [-0.2, -0.15) is 4.98 Å². The Kier molecular flexibility index (Phi) is 5.01. The zero-order valence-corrected chi connectivity index (χ0v) is 14.0. The minimum absolute atomic E-state index is 0.114. The Morgan fingerprint density at radius 1 is 1.52 bits per heavy atom. The van der Waals surface area contributed by atoms with Crippen molar-refractivity contribution >= 4 is 23.0 Å². The number of anilines is 1. The molecule has 1 aromatic heterocycles. The standard InChI is InChI=1S/C18H25N5/c1-5-18(4)10-6-12-23(18)17-15(14(3)20)7-8-16(22-17)21-11-9-13(2)19/h5,7-9,11,19H,1,3,6,10,12,20H2,2,4H3,(H,21,22)/p+1/b11-9-,19-13?. The van der Waals surface area contributed by atoms with Crippen molar-refractivity contribution in [3.63, 3.8) is 0 Å². The third-order valence-corrected chi connectivity index (χ3v) is 4.23. The quantitative estimate of drug-likeness (QED) is 0.557. The lowest BCUT2D eigenvalue weighted by atomic mass is 9.98. The van der Waals surface area contributed by atoms with Gasteiger partial charge in [0.05, 0.1) is 5.54 Å². The minimum Gasteiger partial charge on any atom is -0.399 e. The maximum absolute atomic E-state index is 7.43. The second-order valence-electron chi connectivity index (χ2n) is 6.16. The number of allylic oxidation sites excluding steroid dienone is 1. The van der Waals surface area contributed by atoms with Gasteiger partial charge in [-0.1, -0.05) is 12.7 Å². The van der Waals surface area contributed by atoms with E-state index in [0.717, 1.165) is 36.6 Å². The molecule has 23 heavy (non-hydrogen) atoms. The van der Waals surface area contributed by atoms with Gasteiger partial charge >= 0.3 is 0 Å². The highest BCUT2D eigenvalue weighted by molar-refractivity contribution is 5.89. The fraction of sp³-hybridized carbons (Fsp3) is 0.333. The molecule has 0 bridgehead atoms. The lowest BCUT2D eigenvalue weighted by Gasteiger charge is -2.34. The number of rotatable bonds is 6. The van der Waals surface area contributed by atoms with Crippen LogP contribution >= 0.6 is 0 Å². The fourth-order valence-electron chi connectivity index (χ4n) is 2.85. The van der Waals surface area contributed by atoms with E-state index in [1.165, 1.54) is 0 Å². The number of quaternary nitrogens is 1. The number of pyridine rings is 1. The normalized spacial score (nSPS) is 20.9. The van der Waals surface area contributed by atoms with Crippen LogP contribution in [0.15, 0.2) is 43.6 Å². The van der Waals surface area contributed by atoms with Gasteiger partial charge in [-0.25, -0.2) is 0 Å². The molecule has 1 saturated heterocycles. The van der Waals surface area contributed by atoms with E-state index in [1.807, 2.05) is 29.7 Å². The summed E-state index contributed by atoms with van der Waals surface area (Å²) in [5.41, 5.74) is 7.74. The SMILES string of the molecule is C=CC1(C)CCCN1c1nc([NH2+]/C=C\C(C)=N)ccc1C(=C)N. The van der Waals surface area contributed by atoms with Crippen molar-refractivity contribution in [3.8, 4) is 0 Å². The molecule has 1 aromatic rings. The molecule has 1 aliphatic rings. The van der Waals surface area contributed by atoms with E-state index >= 15 is 0 Å². The summed E-state index contributed by atoms with van der Waals surface area (Å²) in [6.45, 7) is 12.7. The topological polar surface area (TPSA) is 82.6 Å². The summed E-state index contributed by atoms with van der Waals surface area (Å²) in [5, 5.41) is 9.33. The van der Waals surface area contributed by atoms with Crippen molar-refractivity contribution in [1.29, 1.82) is 5.41 Å². The molecule has 5 N–H and O–H groups in total. The number of nitrogens with one attached hydrogen (secondary N) is 1. The first kappa shape index (κ1) is 17.0. The van der Waals surface area contributed by atoms with Gasteiger partial charge in [-0.05, 0) is 32.8 Å². The van der Waals surface area contributed by atoms with Gasteiger partial charge in [-0.3, -0.25) is 5.32 Å². The van der Waals surface area contributed by atoms with Gasteiger partial charge in [0.1, 0.15) is 12.0 Å². The van der Waals surface area contributed by atoms with Crippen molar-refractivity contribution < 1.29 is 5.32 Å². The summed E-state index contributed by atoms with van der Waals surface area (Å²) in [7, 11) is 0. The minimum atomic E-state index is -0.114. The molecule has 0 aromatic carbocycles. The molecule has 1 atom stereocenters. The predicted octanol–water partition coefficient (Wildman–Crippen LogP) is 2.30. The van der Waals surface area contributed by atoms with Crippen molar-refractivity contribution in [2.45, 2.75) is 32.2 Å². The second-order valence-corrected chi connectivity index (χ2v) is 6.16. The third-order valence-electron chi connectivity index (χ3n) is 4.23. The Morgan fingerprint density at radius 2 is 2.26 bits per heavy atom. The number of hydrogen-bond acceptors (Lipinski definition) is 4. The molecule has 0 saturated carbocycles. The molecule has 5 nitrogen and oxygen atoms in total. The molecule has 0 amide bonds. The number of hydrogen-bond donors (Lipinski definition) is 3. The van der Waals surface area contributed by atoms with Crippen LogP contribution in [0.3, 0.4) is 0 Å². The van der Waals surface area contributed by atoms with Crippen LogP contribution in [0.5, 0.6) is 0 Å². The largest absolute Gasteiger partial charge is 0.399 e. The molecule has 0 aliphatic carbocycles. The molecular weight excluding hydrogens is 286 g/mol. The van der Waals surface area contributed by atoms with Gasteiger partial charge in [0.25, 0.3) is 0 Å². The molecule has 122 valence electrons. The molecule has 1 fully saturated rings. The first-order valence-electron chi connectivity index (χ1n) is 7.81. The van der Waals surface area contributed by atoms with Crippen LogP contribution in [0.2, 0.25) is 0 Å². The monoisotopic (exact) mass is 312 g/mol. The summed E-state index contributed by atoms with van der Waals surface area (Å²) >= 11 is 0. The highest BCUT2D eigenvalue weighted by Gasteiger charge is 2.36. The van der Waals surface area contributed by atoms with Gasteiger partial charge in [-0.15, -0.1) is 6.58 Å². The number of aromatic nitrogens is 1. The average Bonchev–Trinajstić information content (AvgIpc) is 2.89. The lowest BCUT2D eigenvalue weighted by molar-refractivity contribution is -0.500. The van der Waals surface area contributed by atoms with Crippen molar-refractivity contribution in [2.75, 3.05) is 11.4 Å². The summed E-state index contributed by atoms with van der Waals surface area (Å²) in [4.78, 5) is 7.04. The first-order chi connectivity index (χ1) is 10.9. The Balaban J connectivity index is 2.40. The van der Waals surface area contributed by atoms with Crippen LogP contribution < -0.4 is 16.0 Å². The van der Waals surface area contributed by atoms with Gasteiger partial charge in [0.15, 0.2) is 0 Å². The van der Waals surface area contributed by atoms with E-state index in [4.69, 9.17) is 16.1 Å². The van der Waals surface area contributed by atoms with Gasteiger partial charge in [0, 0.05) is 35.7 Å². The van der Waals surface area contributed by atoms with Crippen LogP contribution in [0.1, 0.15) is 32.3 Å². The first-order valence-corrected chi connectivity index (χ1v) is 7.81. The second kappa shape index (κ2) is 6.79. The van der Waals surface area contributed by atoms with E-state index < -0.39 is 0 Å². The van der Waals surface area contributed by atoms with Crippen LogP contribution in [0, 0.1) is 5.41 Å². The number of nitrogens with zero attached hydrogens (tertiary/aromatic N) is 2. The molecule has 2 rings (SSSR count). The summed E-state index contributed by atoms with van der Waals surface area (Å²) < 4.78 is 0. The molecule has 5 heteroatoms. The van der Waals surface area contributed by atoms with Crippen molar-refractivity contribution in [2.24, 2.45) is 5.73 Å². The molecule has 2 heterocycles. The summed E-state index contributed by atoms with van der Waals surface area (Å²) in [6, 6.07) is 3.88. The molecule has 1 unspecified atom stereocenters. The highest BCUT2D eigenvalue weighted by Crippen LogP contribution is 2.36. The zero-order valence-electron chi connectivity index (χ0n) is 14.0. The van der Waals surface area contributed by atoms with E-state index in [2.05, 4.69) is 25.0 Å². The number of nitrogens with two attached hydrogens (primary N) is 2. The van der Waals surface area contributed by atoms with E-state index in [-0.39, 0.29) is 5.54 Å². The van der Waals surface area contributed by atoms with Crippen LogP contribution in [-0.4, -0.2) is 22.8 Å². The Hall–Kier alpha value is -2.40. The van der Waals surface area contributed by atoms with Gasteiger partial charge < -0.3 is 16.0 Å². The molecule has 1 aliphatic heterocycles. The Bertz CT molecular complexity index is 661. The smallest absolute Gasteiger partial charge is 0.230 e. The lowest BCUT2D eigenvalue weighted by Crippen LogP contribution is -2.71. The van der Waals surface area contributed by atoms with Crippen LogP contribution in [0.25, 0.3) is 5.70 Å². The highest BCUT2D eigenvalue weighted by atomic mass is 15.3. The van der Waals surface area contributed by atoms with Crippen molar-refractivity contribution in [3.05, 3.63) is 49.2 Å². The Morgan fingerprint density at radius 3 is 2.87 bits per heavy atom. The maximum atomic E-state index is 7.43. The fourth-order valence-corrected chi connectivity index (χ4v) is 2.85.